The van der Waals surface area contributed by atoms with E-state index < -0.39 is 28.7 Å². The van der Waals surface area contributed by atoms with Gasteiger partial charge < -0.3 is 10.0 Å². The lowest BCUT2D eigenvalue weighted by atomic mass is 10.0. The molecule has 1 saturated heterocycles. The van der Waals surface area contributed by atoms with Gasteiger partial charge in [0.25, 0.3) is 11.5 Å². The Morgan fingerprint density at radius 1 is 1.07 bits per heavy atom. The van der Waals surface area contributed by atoms with Crippen molar-refractivity contribution in [2.45, 2.75) is 57.9 Å². The van der Waals surface area contributed by atoms with E-state index in [1.165, 1.54) is 27.8 Å². The van der Waals surface area contributed by atoms with E-state index in [9.17, 15) is 19.1 Å². The van der Waals surface area contributed by atoms with Gasteiger partial charge in [0.15, 0.2) is 11.4 Å². The average Bonchev–Trinajstić information content (AvgIpc) is 3.48. The number of amides is 1. The van der Waals surface area contributed by atoms with Gasteiger partial charge in [0.1, 0.15) is 11.5 Å². The minimum absolute atomic E-state index is 0.184. The van der Waals surface area contributed by atoms with Crippen LogP contribution in [0.2, 0.25) is 0 Å². The SMILES string of the molecule is CCc1cccc(CC)c1-n1c(-c2ccn(C3CC3)n2)nc(=O)c(C(=O)N2CCC(c3ncccc3F)C2)c1O. The predicted molar refractivity (Wildman–Crippen MR) is 147 cm³/mol. The number of nitrogens with zero attached hydrogens (tertiary/aromatic N) is 6. The van der Waals surface area contributed by atoms with Crippen LogP contribution in [-0.4, -0.2) is 53.3 Å². The van der Waals surface area contributed by atoms with Crippen molar-refractivity contribution >= 4 is 5.91 Å². The first-order valence-corrected chi connectivity index (χ1v) is 13.8. The van der Waals surface area contributed by atoms with Crippen molar-refractivity contribution in [1.82, 2.24) is 29.2 Å². The number of aromatic nitrogens is 5. The molecule has 9 nitrogen and oxygen atoms in total. The Kier molecular flexibility index (Phi) is 6.69. The van der Waals surface area contributed by atoms with Gasteiger partial charge in [0.05, 0.1) is 17.4 Å². The van der Waals surface area contributed by atoms with E-state index >= 15 is 0 Å². The van der Waals surface area contributed by atoms with Gasteiger partial charge in [-0.1, -0.05) is 32.0 Å². The smallest absolute Gasteiger partial charge is 0.290 e. The molecule has 1 aromatic carbocycles. The maximum Gasteiger partial charge on any atom is 0.290 e. The molecule has 206 valence electrons. The molecule has 40 heavy (non-hydrogen) atoms. The summed E-state index contributed by atoms with van der Waals surface area (Å²) in [4.78, 5) is 37.2. The van der Waals surface area contributed by atoms with E-state index in [1.807, 2.05) is 42.9 Å². The molecule has 0 radical (unpaired) electrons. The molecule has 6 rings (SSSR count). The molecule has 0 spiro atoms. The average molecular weight is 543 g/mol. The molecule has 2 fully saturated rings. The quantitative estimate of drug-likeness (QED) is 0.371. The topological polar surface area (TPSA) is 106 Å². The maximum absolute atomic E-state index is 14.4. The molecule has 1 N–H and O–H groups in total. The third-order valence-corrected chi connectivity index (χ3v) is 7.88. The van der Waals surface area contributed by atoms with Crippen LogP contribution in [0.3, 0.4) is 0 Å². The highest BCUT2D eigenvalue weighted by Gasteiger charge is 2.35. The third kappa shape index (κ3) is 4.47. The van der Waals surface area contributed by atoms with Gasteiger partial charge in [-0.15, -0.1) is 0 Å². The standard InChI is InChI=1S/C30H31FN6O3/c1-3-18-7-5-8-19(4-2)26(18)37-27(23-13-16-36(34-23)21-10-11-21)33-28(38)24(30(37)40)29(39)35-15-12-20(17-35)25-22(31)9-6-14-32-25/h5-9,13-14,16,20-21,40H,3-4,10-12,15,17H2,1-2H3. The van der Waals surface area contributed by atoms with Crippen LogP contribution in [0.1, 0.15) is 72.2 Å². The first kappa shape index (κ1) is 25.9. The van der Waals surface area contributed by atoms with E-state index in [1.54, 1.807) is 6.07 Å². The summed E-state index contributed by atoms with van der Waals surface area (Å²) in [5, 5.41) is 16.4. The Morgan fingerprint density at radius 3 is 2.50 bits per heavy atom. The summed E-state index contributed by atoms with van der Waals surface area (Å²) >= 11 is 0. The Hall–Kier alpha value is -4.34. The van der Waals surface area contributed by atoms with Gasteiger partial charge in [-0.05, 0) is 61.4 Å². The summed E-state index contributed by atoms with van der Waals surface area (Å²) in [5.41, 5.74) is 2.08. The van der Waals surface area contributed by atoms with Gasteiger partial charge in [-0.2, -0.15) is 10.1 Å². The zero-order valence-corrected chi connectivity index (χ0v) is 22.5. The molecular formula is C30H31FN6O3. The number of aryl methyl sites for hydroxylation is 2. The minimum atomic E-state index is -0.825. The number of pyridine rings is 1. The first-order valence-electron chi connectivity index (χ1n) is 13.8. The molecule has 1 unspecified atom stereocenters. The van der Waals surface area contributed by atoms with Crippen LogP contribution < -0.4 is 5.56 Å². The van der Waals surface area contributed by atoms with Crippen molar-refractivity contribution in [3.05, 3.63) is 87.3 Å². The number of likely N-dealkylation sites (tertiary alicyclic amines) is 1. The van der Waals surface area contributed by atoms with Crippen molar-refractivity contribution in [3.8, 4) is 23.1 Å². The number of para-hydroxylation sites is 1. The fourth-order valence-corrected chi connectivity index (χ4v) is 5.61. The lowest BCUT2D eigenvalue weighted by molar-refractivity contribution is 0.0784. The number of carbonyl (C=O) groups is 1. The molecule has 1 aliphatic carbocycles. The van der Waals surface area contributed by atoms with Gasteiger partial charge >= 0.3 is 0 Å². The van der Waals surface area contributed by atoms with E-state index in [4.69, 9.17) is 0 Å². The number of benzene rings is 1. The van der Waals surface area contributed by atoms with E-state index in [2.05, 4.69) is 15.1 Å². The van der Waals surface area contributed by atoms with Crippen LogP contribution >= 0.6 is 0 Å². The van der Waals surface area contributed by atoms with Crippen molar-refractivity contribution < 1.29 is 14.3 Å². The lowest BCUT2D eigenvalue weighted by Crippen LogP contribution is -2.34. The molecule has 1 aliphatic heterocycles. The summed E-state index contributed by atoms with van der Waals surface area (Å²) < 4.78 is 17.8. The largest absolute Gasteiger partial charge is 0.493 e. The predicted octanol–water partition coefficient (Wildman–Crippen LogP) is 4.43. The Morgan fingerprint density at radius 2 is 1.82 bits per heavy atom. The van der Waals surface area contributed by atoms with Crippen LogP contribution in [0, 0.1) is 5.82 Å². The summed E-state index contributed by atoms with van der Waals surface area (Å²) in [6, 6.07) is 10.9. The third-order valence-electron chi connectivity index (χ3n) is 7.88. The zero-order chi connectivity index (χ0) is 28.0. The highest BCUT2D eigenvalue weighted by Crippen LogP contribution is 2.37. The summed E-state index contributed by atoms with van der Waals surface area (Å²) in [7, 11) is 0. The molecular weight excluding hydrogens is 511 g/mol. The number of halogens is 1. The molecule has 1 atom stereocenters. The van der Waals surface area contributed by atoms with Crippen LogP contribution in [0.5, 0.6) is 5.88 Å². The van der Waals surface area contributed by atoms with Crippen LogP contribution in [0.15, 0.2) is 53.6 Å². The van der Waals surface area contributed by atoms with Crippen molar-refractivity contribution in [2.24, 2.45) is 0 Å². The van der Waals surface area contributed by atoms with E-state index in [0.29, 0.717) is 48.9 Å². The Labute approximate surface area is 230 Å². The Balaban J connectivity index is 1.48. The van der Waals surface area contributed by atoms with Crippen LogP contribution in [-0.2, 0) is 12.8 Å². The molecule has 4 heterocycles. The second-order valence-electron chi connectivity index (χ2n) is 10.4. The summed E-state index contributed by atoms with van der Waals surface area (Å²) in [6.07, 6.45) is 7.28. The number of hydrogen-bond acceptors (Lipinski definition) is 6. The van der Waals surface area contributed by atoms with Crippen molar-refractivity contribution in [3.63, 3.8) is 0 Å². The van der Waals surface area contributed by atoms with E-state index in [0.717, 1.165) is 24.0 Å². The van der Waals surface area contributed by atoms with Crippen molar-refractivity contribution in [2.75, 3.05) is 13.1 Å². The molecule has 4 aromatic rings. The number of rotatable bonds is 7. The summed E-state index contributed by atoms with van der Waals surface area (Å²) in [5.74, 6) is -1.65. The fourth-order valence-electron chi connectivity index (χ4n) is 5.61. The zero-order valence-electron chi connectivity index (χ0n) is 22.5. The second-order valence-corrected chi connectivity index (χ2v) is 10.4. The van der Waals surface area contributed by atoms with Crippen LogP contribution in [0.4, 0.5) is 4.39 Å². The molecule has 3 aromatic heterocycles. The molecule has 0 bridgehead atoms. The lowest BCUT2D eigenvalue weighted by Gasteiger charge is -2.22. The second kappa shape index (κ2) is 10.3. The highest BCUT2D eigenvalue weighted by molar-refractivity contribution is 5.96. The first-order chi connectivity index (χ1) is 19.4. The molecule has 10 heteroatoms. The minimum Gasteiger partial charge on any atom is -0.493 e. The number of carbonyl (C=O) groups excluding carboxylic acids is 1. The normalized spacial score (nSPS) is 17.0. The number of hydrogen-bond donors (Lipinski definition) is 1. The fraction of sp³-hybridized carbons (Fsp3) is 0.367. The summed E-state index contributed by atoms with van der Waals surface area (Å²) in [6.45, 7) is 4.52. The number of aromatic hydroxyl groups is 1. The van der Waals surface area contributed by atoms with E-state index in [-0.39, 0.29) is 18.3 Å². The Bertz CT molecular complexity index is 1640. The van der Waals surface area contributed by atoms with Crippen LogP contribution in [0.25, 0.3) is 17.2 Å². The molecule has 2 aliphatic rings. The molecule has 1 amide bonds. The maximum atomic E-state index is 14.4. The monoisotopic (exact) mass is 542 g/mol. The van der Waals surface area contributed by atoms with Gasteiger partial charge in [0.2, 0.25) is 5.88 Å². The van der Waals surface area contributed by atoms with Crippen molar-refractivity contribution in [1.29, 1.82) is 0 Å². The highest BCUT2D eigenvalue weighted by atomic mass is 19.1. The van der Waals surface area contributed by atoms with Gasteiger partial charge in [0, 0.05) is 31.4 Å². The van der Waals surface area contributed by atoms with Gasteiger partial charge in [-0.25, -0.2) is 4.39 Å². The molecule has 1 saturated carbocycles. The van der Waals surface area contributed by atoms with Gasteiger partial charge in [-0.3, -0.25) is 23.8 Å².